The first-order valence-electron chi connectivity index (χ1n) is 8.89. The van der Waals surface area contributed by atoms with Gasteiger partial charge in [0.25, 0.3) is 0 Å². The van der Waals surface area contributed by atoms with Gasteiger partial charge in [-0.25, -0.2) is 48.7 Å². The molecule has 6 aromatic rings. The summed E-state index contributed by atoms with van der Waals surface area (Å²) in [4.78, 5) is 89.3. The molecular weight excluding hydrogens is 444 g/mol. The van der Waals surface area contributed by atoms with Crippen molar-refractivity contribution >= 4 is 66.7 Å². The van der Waals surface area contributed by atoms with Crippen LogP contribution in [0.5, 0.6) is 0 Å². The highest BCUT2D eigenvalue weighted by Crippen LogP contribution is 2.36. The molecule has 5 aromatic heterocycles. The monoisotopic (exact) mass is 444 g/mol. The van der Waals surface area contributed by atoms with Crippen LogP contribution in [-0.4, -0.2) is 42.1 Å². The maximum Gasteiger partial charge on any atom is 0.384 e. The zero-order valence-electron chi connectivity index (χ0n) is 15.4. The van der Waals surface area contributed by atoms with Gasteiger partial charge in [-0.3, -0.25) is 0 Å². The van der Waals surface area contributed by atoms with E-state index in [4.69, 9.17) is 0 Å². The van der Waals surface area contributed by atoms with Crippen molar-refractivity contribution in [3.05, 3.63) is 53.2 Å². The molecule has 15 heteroatoms. The van der Waals surface area contributed by atoms with Crippen LogP contribution in [0.25, 0.3) is 54.8 Å². The molecule has 0 aliphatic carbocycles. The minimum absolute atomic E-state index is 0.141. The highest BCUT2D eigenvalue weighted by molar-refractivity contribution is 6.30. The van der Waals surface area contributed by atoms with Crippen LogP contribution in [0.3, 0.4) is 0 Å². The summed E-state index contributed by atoms with van der Waals surface area (Å²) >= 11 is 0. The van der Waals surface area contributed by atoms with Crippen molar-refractivity contribution in [2.75, 3.05) is 0 Å². The van der Waals surface area contributed by atoms with Crippen molar-refractivity contribution in [3.63, 3.8) is 0 Å². The smallest absolute Gasteiger partial charge is 0.384 e. The highest BCUT2D eigenvalue weighted by Gasteiger charge is 2.33. The third kappa shape index (κ3) is 1.93. The Labute approximate surface area is 174 Å². The molecule has 0 N–H and O–H groups in total. The molecule has 33 heavy (non-hydrogen) atoms. The van der Waals surface area contributed by atoms with Crippen LogP contribution in [0.2, 0.25) is 0 Å². The molecule has 1 aliphatic rings. The number of hydrogen-bond acceptors (Lipinski definition) is 15. The van der Waals surface area contributed by atoms with Gasteiger partial charge in [-0.2, -0.15) is 0 Å². The third-order valence-corrected chi connectivity index (χ3v) is 5.19. The Balaban J connectivity index is 1.93. The number of ether oxygens (including phenoxy) is 1. The molecule has 0 atom stereocenters. The number of cyclic esters (lactones) is 2. The van der Waals surface area contributed by atoms with E-state index in [9.17, 15) is 28.8 Å². The minimum Gasteiger partial charge on any atom is -0.384 e. The number of carbonyl (C=O) groups is 2. The Hall–Kier alpha value is -5.34. The van der Waals surface area contributed by atoms with Gasteiger partial charge in [0.05, 0.1) is 10.9 Å². The predicted molar refractivity (Wildman–Crippen MR) is 102 cm³/mol. The maximum absolute atomic E-state index is 12.5. The quantitative estimate of drug-likeness (QED) is 0.150. The largest absolute Gasteiger partial charge is 0.384 e. The fourth-order valence-electron chi connectivity index (χ4n) is 3.88. The van der Waals surface area contributed by atoms with Gasteiger partial charge in [0, 0.05) is 5.39 Å². The highest BCUT2D eigenvalue weighted by atomic mass is 16.6. The molecule has 6 heterocycles. The SMILES string of the molecule is O=C1OC(=O)c2nc1nc1c2c2nc3c(=O)oc(=O)c3nc2c2nnc3c(=O)oc(=O)c3c21. The number of fused-ring (bicyclic) bond motifs is 12. The number of rotatable bonds is 0. The molecule has 0 spiro atoms. The second-order valence-corrected chi connectivity index (χ2v) is 6.92. The lowest BCUT2D eigenvalue weighted by Crippen LogP contribution is -2.24. The first kappa shape index (κ1) is 17.4. The zero-order valence-corrected chi connectivity index (χ0v) is 15.4. The van der Waals surface area contributed by atoms with Crippen LogP contribution >= 0.6 is 0 Å². The molecule has 156 valence electrons. The van der Waals surface area contributed by atoms with Gasteiger partial charge in [0.2, 0.25) is 5.82 Å². The van der Waals surface area contributed by atoms with E-state index in [1.807, 2.05) is 0 Å². The third-order valence-electron chi connectivity index (χ3n) is 5.19. The first-order chi connectivity index (χ1) is 15.8. The number of benzene rings is 1. The number of furan rings is 2. The predicted octanol–water partition coefficient (Wildman–Crippen LogP) is -1.36. The molecule has 1 aromatic carbocycles. The molecule has 0 unspecified atom stereocenters. The second-order valence-electron chi connectivity index (χ2n) is 6.92. The number of esters is 2. The van der Waals surface area contributed by atoms with E-state index in [-0.39, 0.29) is 38.2 Å². The van der Waals surface area contributed by atoms with Crippen LogP contribution in [0.1, 0.15) is 21.1 Å². The van der Waals surface area contributed by atoms with Gasteiger partial charge in [-0.05, 0) is 0 Å². The Kier molecular flexibility index (Phi) is 2.78. The Morgan fingerprint density at radius 2 is 1.09 bits per heavy atom. The molecule has 0 fully saturated rings. The Morgan fingerprint density at radius 1 is 0.455 bits per heavy atom. The number of aromatic nitrogens is 6. The summed E-state index contributed by atoms with van der Waals surface area (Å²) in [6.07, 6.45) is 0. The van der Waals surface area contributed by atoms with Crippen molar-refractivity contribution in [2.45, 2.75) is 0 Å². The normalized spacial score (nSPS) is 13.7. The van der Waals surface area contributed by atoms with Crippen molar-refractivity contribution in [1.29, 1.82) is 0 Å². The molecule has 1 aliphatic heterocycles. The van der Waals surface area contributed by atoms with E-state index in [1.165, 1.54) is 0 Å². The minimum atomic E-state index is -1.15. The van der Waals surface area contributed by atoms with Gasteiger partial charge < -0.3 is 13.6 Å². The van der Waals surface area contributed by atoms with E-state index in [0.717, 1.165) is 0 Å². The van der Waals surface area contributed by atoms with E-state index in [0.29, 0.717) is 0 Å². The first-order valence-corrected chi connectivity index (χ1v) is 8.89. The number of nitrogens with zero attached hydrogens (tertiary/aromatic N) is 6. The summed E-state index contributed by atoms with van der Waals surface area (Å²) in [5.74, 6) is -2.81. The van der Waals surface area contributed by atoms with Crippen LogP contribution < -0.4 is 22.5 Å². The van der Waals surface area contributed by atoms with Crippen molar-refractivity contribution in [1.82, 2.24) is 30.1 Å². The van der Waals surface area contributed by atoms with E-state index in [1.54, 1.807) is 0 Å². The summed E-state index contributed by atoms with van der Waals surface area (Å²) in [6.45, 7) is 0. The molecule has 0 saturated heterocycles. The summed E-state index contributed by atoms with van der Waals surface area (Å²) in [5.41, 5.74) is -6.71. The molecule has 7 rings (SSSR count). The van der Waals surface area contributed by atoms with E-state index < -0.39 is 62.5 Å². The van der Waals surface area contributed by atoms with Crippen LogP contribution in [0, 0.1) is 0 Å². The second kappa shape index (κ2) is 5.28. The van der Waals surface area contributed by atoms with Gasteiger partial charge >= 0.3 is 34.4 Å². The van der Waals surface area contributed by atoms with Gasteiger partial charge in [0.1, 0.15) is 21.9 Å². The molecule has 2 bridgehead atoms. The van der Waals surface area contributed by atoms with Crippen LogP contribution in [-0.2, 0) is 4.74 Å². The standard InChI is InChI=1S/C18N6O9/c25-13-2-1-4-3(7-14(26)33-18(30)12(21-4)22-7)5-9(6(1)23-24-8(2)15(27)31-13)20-11-10(19-5)16(28)32-17(11)29. The fraction of sp³-hybridized carbons (Fsp3) is 0. The number of hydrogen-bond donors (Lipinski definition) is 0. The van der Waals surface area contributed by atoms with Crippen molar-refractivity contribution < 1.29 is 23.2 Å². The van der Waals surface area contributed by atoms with Gasteiger partial charge in [0.15, 0.2) is 22.2 Å². The van der Waals surface area contributed by atoms with Crippen molar-refractivity contribution in [2.24, 2.45) is 0 Å². The van der Waals surface area contributed by atoms with Crippen LogP contribution in [0.4, 0.5) is 0 Å². The van der Waals surface area contributed by atoms with Crippen LogP contribution in [0.15, 0.2) is 28.0 Å². The molecule has 0 amide bonds. The topological polar surface area (TPSA) is 215 Å². The van der Waals surface area contributed by atoms with Gasteiger partial charge in [-0.1, -0.05) is 0 Å². The molecule has 0 saturated carbocycles. The summed E-state index contributed by atoms with van der Waals surface area (Å²) in [7, 11) is 0. The Morgan fingerprint density at radius 3 is 1.85 bits per heavy atom. The van der Waals surface area contributed by atoms with E-state index >= 15 is 0 Å². The maximum atomic E-state index is 12.5. The molecular formula is C18N6O9. The van der Waals surface area contributed by atoms with Crippen molar-refractivity contribution in [3.8, 4) is 0 Å². The average molecular weight is 444 g/mol. The Bertz CT molecular complexity index is 2190. The fourth-order valence-corrected chi connectivity index (χ4v) is 3.88. The molecule has 15 nitrogen and oxygen atoms in total. The number of carbonyl (C=O) groups excluding carboxylic acids is 2. The lowest BCUT2D eigenvalue weighted by atomic mass is 10.0. The summed E-state index contributed by atoms with van der Waals surface area (Å²) in [5, 5.41) is 6.99. The zero-order chi connectivity index (χ0) is 22.8. The lowest BCUT2D eigenvalue weighted by molar-refractivity contribution is 0.0365. The summed E-state index contributed by atoms with van der Waals surface area (Å²) < 4.78 is 13.8. The molecule has 0 radical (unpaired) electrons. The summed E-state index contributed by atoms with van der Waals surface area (Å²) in [6, 6.07) is 0. The van der Waals surface area contributed by atoms with E-state index in [2.05, 4.69) is 43.7 Å². The van der Waals surface area contributed by atoms with Gasteiger partial charge in [-0.15, -0.1) is 10.2 Å². The average Bonchev–Trinajstić information content (AvgIpc) is 3.24. The lowest BCUT2D eigenvalue weighted by Gasteiger charge is -2.14.